The molecule has 0 fully saturated rings. The van der Waals surface area contributed by atoms with Gasteiger partial charge in [-0.3, -0.25) is 0 Å². The third kappa shape index (κ3) is 2.09. The lowest BCUT2D eigenvalue weighted by Gasteiger charge is -2.33. The van der Waals surface area contributed by atoms with Crippen molar-refractivity contribution in [3.63, 3.8) is 0 Å². The van der Waals surface area contributed by atoms with Gasteiger partial charge in [-0.15, -0.1) is 0 Å². The van der Waals surface area contributed by atoms with Crippen molar-refractivity contribution in [2.45, 2.75) is 31.1 Å². The number of nitrogens with two attached hydrogens (primary N) is 1. The molecule has 6 nitrogen and oxygen atoms in total. The Hall–Kier alpha value is -0.240. The molecule has 0 amide bonds. The van der Waals surface area contributed by atoms with Crippen LogP contribution in [0.15, 0.2) is 0 Å². The van der Waals surface area contributed by atoms with Crippen molar-refractivity contribution in [3.05, 3.63) is 0 Å². The van der Waals surface area contributed by atoms with Crippen LogP contribution >= 0.6 is 0 Å². The van der Waals surface area contributed by atoms with E-state index in [4.69, 9.17) is 31.3 Å². The highest BCUT2D eigenvalue weighted by atomic mass is 16.7. The minimum Gasteiger partial charge on any atom is -0.358 e. The van der Waals surface area contributed by atoms with E-state index in [0.717, 1.165) is 0 Å². The van der Waals surface area contributed by atoms with Crippen LogP contribution < -0.4 is 5.73 Å². The van der Waals surface area contributed by atoms with Gasteiger partial charge in [0.05, 0.1) is 6.04 Å². The highest BCUT2D eigenvalue weighted by Crippen LogP contribution is 2.18. The molecular formula is C5H13NO5. The Morgan fingerprint density at radius 3 is 1.64 bits per heavy atom. The van der Waals surface area contributed by atoms with Crippen molar-refractivity contribution in [2.24, 2.45) is 5.73 Å². The molecule has 0 bridgehead atoms. The Labute approximate surface area is 63.5 Å². The number of hydrogen-bond acceptors (Lipinski definition) is 6. The first-order valence-electron chi connectivity index (χ1n) is 3.11. The fourth-order valence-electron chi connectivity index (χ4n) is 0.533. The monoisotopic (exact) mass is 167 g/mol. The molecule has 0 aliphatic heterocycles. The van der Waals surface area contributed by atoms with Crippen LogP contribution in [0.4, 0.5) is 0 Å². The minimum absolute atomic E-state index is 0.0798. The third-order valence-corrected chi connectivity index (χ3v) is 1.45. The zero-order valence-corrected chi connectivity index (χ0v) is 6.10. The van der Waals surface area contributed by atoms with Crippen LogP contribution in [0.2, 0.25) is 0 Å². The molecule has 0 saturated carbocycles. The lowest BCUT2D eigenvalue weighted by atomic mass is 10.0. The van der Waals surface area contributed by atoms with E-state index in [-0.39, 0.29) is 6.42 Å². The summed E-state index contributed by atoms with van der Waals surface area (Å²) in [6.45, 7) is 1.50. The highest BCUT2D eigenvalue weighted by Gasteiger charge is 2.50. The van der Waals surface area contributed by atoms with Crippen LogP contribution in [0.1, 0.15) is 13.3 Å². The molecule has 1 atom stereocenters. The van der Waals surface area contributed by atoms with Crippen molar-refractivity contribution >= 4 is 0 Å². The van der Waals surface area contributed by atoms with Crippen LogP contribution in [-0.4, -0.2) is 43.3 Å². The molecule has 6 heteroatoms. The zero-order chi connectivity index (χ0) is 9.28. The van der Waals surface area contributed by atoms with E-state index in [1.807, 2.05) is 0 Å². The van der Waals surface area contributed by atoms with E-state index in [0.29, 0.717) is 0 Å². The maximum atomic E-state index is 8.80. The summed E-state index contributed by atoms with van der Waals surface area (Å²) in [6, 6.07) is -1.33. The van der Waals surface area contributed by atoms with E-state index < -0.39 is 17.8 Å². The Balaban J connectivity index is 4.45. The summed E-state index contributed by atoms with van der Waals surface area (Å²) in [5.41, 5.74) is 5.06. The van der Waals surface area contributed by atoms with E-state index in [2.05, 4.69) is 0 Å². The number of rotatable bonds is 3. The summed E-state index contributed by atoms with van der Waals surface area (Å²) in [5.74, 6) is -6.70. The van der Waals surface area contributed by atoms with Gasteiger partial charge in [0.15, 0.2) is 0 Å². The van der Waals surface area contributed by atoms with Crippen molar-refractivity contribution in [1.82, 2.24) is 0 Å². The van der Waals surface area contributed by atoms with E-state index in [1.165, 1.54) is 6.92 Å². The Bertz CT molecular complexity index is 129. The fourth-order valence-corrected chi connectivity index (χ4v) is 0.533. The molecule has 0 heterocycles. The SMILES string of the molecule is CCC(N)C(O)(O)C(O)(O)O. The van der Waals surface area contributed by atoms with Crippen LogP contribution in [0, 0.1) is 0 Å². The van der Waals surface area contributed by atoms with Gasteiger partial charge in [-0.2, -0.15) is 0 Å². The van der Waals surface area contributed by atoms with Gasteiger partial charge in [-0.05, 0) is 6.42 Å². The molecule has 11 heavy (non-hydrogen) atoms. The minimum atomic E-state index is -3.59. The summed E-state index contributed by atoms with van der Waals surface area (Å²) in [4.78, 5) is 0. The lowest BCUT2D eigenvalue weighted by molar-refractivity contribution is -0.451. The molecule has 0 aromatic rings. The van der Waals surface area contributed by atoms with Crippen molar-refractivity contribution in [3.8, 4) is 0 Å². The van der Waals surface area contributed by atoms with Gasteiger partial charge in [-0.25, -0.2) is 0 Å². The molecule has 0 aromatic carbocycles. The Morgan fingerprint density at radius 1 is 1.18 bits per heavy atom. The van der Waals surface area contributed by atoms with E-state index in [9.17, 15) is 0 Å². The van der Waals surface area contributed by atoms with Gasteiger partial charge in [-0.1, -0.05) is 6.92 Å². The van der Waals surface area contributed by atoms with Crippen LogP contribution in [0.3, 0.4) is 0 Å². The van der Waals surface area contributed by atoms with Gasteiger partial charge in [0.2, 0.25) is 0 Å². The normalized spacial score (nSPS) is 16.6. The second kappa shape index (κ2) is 3.02. The predicted octanol–water partition coefficient (Wildman–Crippen LogP) is -2.96. The Morgan fingerprint density at radius 2 is 1.55 bits per heavy atom. The van der Waals surface area contributed by atoms with Gasteiger partial charge in [0.25, 0.3) is 5.79 Å². The van der Waals surface area contributed by atoms with Gasteiger partial charge in [0.1, 0.15) is 0 Å². The quantitative estimate of drug-likeness (QED) is 0.249. The summed E-state index contributed by atoms with van der Waals surface area (Å²) in [5, 5.41) is 42.7. The maximum Gasteiger partial charge on any atom is 0.334 e. The van der Waals surface area contributed by atoms with Crippen LogP contribution in [0.25, 0.3) is 0 Å². The molecule has 0 spiro atoms. The summed E-state index contributed by atoms with van der Waals surface area (Å²) in [6.07, 6.45) is 0.0798. The molecule has 0 aromatic heterocycles. The third-order valence-electron chi connectivity index (χ3n) is 1.45. The maximum absolute atomic E-state index is 8.80. The molecular weight excluding hydrogens is 154 g/mol. The summed E-state index contributed by atoms with van der Waals surface area (Å²) in [7, 11) is 0. The van der Waals surface area contributed by atoms with E-state index >= 15 is 0 Å². The van der Waals surface area contributed by atoms with Crippen LogP contribution in [0.5, 0.6) is 0 Å². The van der Waals surface area contributed by atoms with Crippen LogP contribution in [-0.2, 0) is 0 Å². The highest BCUT2D eigenvalue weighted by molar-refractivity contribution is 4.83. The Kier molecular flexibility index (Phi) is 2.95. The molecule has 0 radical (unpaired) electrons. The number of hydrogen-bond donors (Lipinski definition) is 6. The lowest BCUT2D eigenvalue weighted by Crippen LogP contribution is -2.64. The summed E-state index contributed by atoms with van der Waals surface area (Å²) < 4.78 is 0. The topological polar surface area (TPSA) is 127 Å². The first kappa shape index (κ1) is 10.8. The molecule has 0 aliphatic rings. The first-order valence-corrected chi connectivity index (χ1v) is 3.11. The van der Waals surface area contributed by atoms with Gasteiger partial charge in [0, 0.05) is 0 Å². The van der Waals surface area contributed by atoms with Crippen molar-refractivity contribution in [1.29, 1.82) is 0 Å². The number of aliphatic hydroxyl groups is 5. The van der Waals surface area contributed by atoms with Crippen molar-refractivity contribution < 1.29 is 25.5 Å². The molecule has 1 unspecified atom stereocenters. The largest absolute Gasteiger partial charge is 0.358 e. The average Bonchev–Trinajstić information content (AvgIpc) is 1.83. The summed E-state index contributed by atoms with van der Waals surface area (Å²) >= 11 is 0. The van der Waals surface area contributed by atoms with Crippen molar-refractivity contribution in [2.75, 3.05) is 0 Å². The predicted molar refractivity (Wildman–Crippen MR) is 34.8 cm³/mol. The molecule has 0 saturated heterocycles. The zero-order valence-electron chi connectivity index (χ0n) is 6.10. The molecule has 0 aliphatic carbocycles. The smallest absolute Gasteiger partial charge is 0.334 e. The second-order valence-corrected chi connectivity index (χ2v) is 2.38. The van der Waals surface area contributed by atoms with Gasteiger partial charge < -0.3 is 31.3 Å². The first-order chi connectivity index (χ1) is 4.73. The standard InChI is InChI=1S/C5H13NO5/c1-2-3(6)4(7,8)5(9,10)11/h3,7-11H,2,6H2,1H3. The second-order valence-electron chi connectivity index (χ2n) is 2.38. The fraction of sp³-hybridized carbons (Fsp3) is 1.00. The molecule has 68 valence electrons. The average molecular weight is 167 g/mol. The molecule has 7 N–H and O–H groups in total. The van der Waals surface area contributed by atoms with E-state index in [1.54, 1.807) is 0 Å². The van der Waals surface area contributed by atoms with Gasteiger partial charge >= 0.3 is 5.97 Å². The molecule has 0 rings (SSSR count).